The van der Waals surface area contributed by atoms with Crippen LogP contribution in [0.2, 0.25) is 0 Å². The number of anilines is 1. The van der Waals surface area contributed by atoms with Crippen molar-refractivity contribution in [2.24, 2.45) is 0 Å². The summed E-state index contributed by atoms with van der Waals surface area (Å²) in [5.74, 6) is 0. The first-order valence-electron chi connectivity index (χ1n) is 6.09. The molecular weight excluding hydrogens is 244 g/mol. The van der Waals surface area contributed by atoms with Crippen molar-refractivity contribution in [3.63, 3.8) is 0 Å². The molecule has 0 amide bonds. The van der Waals surface area contributed by atoms with Crippen LogP contribution in [0.25, 0.3) is 10.9 Å². The maximum Gasteiger partial charge on any atom is 0.173 e. The van der Waals surface area contributed by atoms with Crippen LogP contribution in [0.3, 0.4) is 0 Å². The molecule has 18 heavy (non-hydrogen) atoms. The van der Waals surface area contributed by atoms with Crippen LogP contribution in [0.15, 0.2) is 30.7 Å². The van der Waals surface area contributed by atoms with E-state index >= 15 is 0 Å². The zero-order valence-electron chi connectivity index (χ0n) is 9.97. The Bertz CT molecular complexity index is 578. The van der Waals surface area contributed by atoms with Crippen LogP contribution in [0.1, 0.15) is 12.8 Å². The fourth-order valence-electron chi connectivity index (χ4n) is 2.19. The van der Waals surface area contributed by atoms with Crippen molar-refractivity contribution in [3.8, 4) is 0 Å². The quantitative estimate of drug-likeness (QED) is 0.796. The third-order valence-electron chi connectivity index (χ3n) is 3.15. The number of likely N-dealkylation sites (tertiary alicyclic amines) is 1. The molecule has 1 aliphatic rings. The van der Waals surface area contributed by atoms with Gasteiger partial charge in [0.1, 0.15) is 6.33 Å². The summed E-state index contributed by atoms with van der Waals surface area (Å²) in [7, 11) is 0. The van der Waals surface area contributed by atoms with Gasteiger partial charge in [0.2, 0.25) is 0 Å². The molecule has 0 atom stereocenters. The van der Waals surface area contributed by atoms with E-state index in [4.69, 9.17) is 12.2 Å². The summed E-state index contributed by atoms with van der Waals surface area (Å²) in [6.45, 7) is 2.12. The number of nitrogens with one attached hydrogen (secondary N) is 1. The third-order valence-corrected chi connectivity index (χ3v) is 3.51. The van der Waals surface area contributed by atoms with Gasteiger partial charge in [-0.2, -0.15) is 0 Å². The van der Waals surface area contributed by atoms with Crippen molar-refractivity contribution in [3.05, 3.63) is 30.7 Å². The minimum atomic E-state index is 0.809. The second-order valence-electron chi connectivity index (χ2n) is 4.42. The highest BCUT2D eigenvalue weighted by Crippen LogP contribution is 2.17. The molecule has 3 rings (SSSR count). The molecule has 0 saturated carbocycles. The summed E-state index contributed by atoms with van der Waals surface area (Å²) in [5, 5.41) is 5.11. The van der Waals surface area contributed by atoms with E-state index in [-0.39, 0.29) is 0 Å². The second kappa shape index (κ2) is 4.86. The van der Waals surface area contributed by atoms with E-state index in [0.717, 1.165) is 34.8 Å². The molecule has 1 fully saturated rings. The van der Waals surface area contributed by atoms with Gasteiger partial charge in [-0.1, -0.05) is 0 Å². The number of rotatable bonds is 1. The molecule has 5 heteroatoms. The van der Waals surface area contributed by atoms with E-state index in [2.05, 4.69) is 20.2 Å². The smallest absolute Gasteiger partial charge is 0.173 e. The summed E-state index contributed by atoms with van der Waals surface area (Å²) in [6.07, 6.45) is 5.83. The number of nitrogens with zero attached hydrogens (tertiary/aromatic N) is 3. The normalized spacial score (nSPS) is 15.0. The highest BCUT2D eigenvalue weighted by Gasteiger charge is 2.14. The lowest BCUT2D eigenvalue weighted by molar-refractivity contribution is 0.528. The molecule has 0 bridgehead atoms. The predicted molar refractivity (Wildman–Crippen MR) is 76.6 cm³/mol. The van der Waals surface area contributed by atoms with E-state index in [1.54, 1.807) is 6.33 Å². The van der Waals surface area contributed by atoms with Crippen molar-refractivity contribution in [2.75, 3.05) is 18.4 Å². The van der Waals surface area contributed by atoms with E-state index in [9.17, 15) is 0 Å². The first-order valence-corrected chi connectivity index (χ1v) is 6.49. The van der Waals surface area contributed by atoms with Crippen molar-refractivity contribution < 1.29 is 0 Å². The molecule has 1 saturated heterocycles. The minimum absolute atomic E-state index is 0.809. The summed E-state index contributed by atoms with van der Waals surface area (Å²) in [6, 6.07) is 6.00. The van der Waals surface area contributed by atoms with Gasteiger partial charge in [-0.15, -0.1) is 0 Å². The first kappa shape index (κ1) is 11.3. The topological polar surface area (TPSA) is 41.1 Å². The van der Waals surface area contributed by atoms with Gasteiger partial charge in [0.25, 0.3) is 0 Å². The van der Waals surface area contributed by atoms with Crippen LogP contribution in [0.5, 0.6) is 0 Å². The van der Waals surface area contributed by atoms with E-state index in [1.165, 1.54) is 12.8 Å². The highest BCUT2D eigenvalue weighted by molar-refractivity contribution is 7.80. The molecule has 4 nitrogen and oxygen atoms in total. The number of benzene rings is 1. The summed E-state index contributed by atoms with van der Waals surface area (Å²) >= 11 is 5.40. The molecule has 1 aromatic carbocycles. The lowest BCUT2D eigenvalue weighted by Crippen LogP contribution is -2.31. The SMILES string of the molecule is S=C(Nc1ccc2ncncc2c1)N1CCCC1. The minimum Gasteiger partial charge on any atom is -0.349 e. The fraction of sp³-hybridized carbons (Fsp3) is 0.308. The maximum absolute atomic E-state index is 5.40. The highest BCUT2D eigenvalue weighted by atomic mass is 32.1. The monoisotopic (exact) mass is 258 g/mol. The van der Waals surface area contributed by atoms with Gasteiger partial charge in [-0.05, 0) is 43.3 Å². The zero-order valence-corrected chi connectivity index (χ0v) is 10.8. The van der Waals surface area contributed by atoms with Crippen LogP contribution >= 0.6 is 12.2 Å². The van der Waals surface area contributed by atoms with Gasteiger partial charge in [0.05, 0.1) is 5.52 Å². The average Bonchev–Trinajstić information content (AvgIpc) is 2.92. The average molecular weight is 258 g/mol. The van der Waals surface area contributed by atoms with E-state index in [0.29, 0.717) is 0 Å². The standard InChI is InChI=1S/C13H14N4S/c18-13(17-5-1-2-6-17)16-11-3-4-12-10(7-11)8-14-9-15-12/h3-4,7-9H,1-2,5-6H2,(H,16,18). The number of aromatic nitrogens is 2. The van der Waals surface area contributed by atoms with Gasteiger partial charge < -0.3 is 10.2 Å². The summed E-state index contributed by atoms with van der Waals surface area (Å²) in [5.41, 5.74) is 1.94. The molecular formula is C13H14N4S. The number of thiocarbonyl (C=S) groups is 1. The van der Waals surface area contributed by atoms with Gasteiger partial charge in [0.15, 0.2) is 5.11 Å². The maximum atomic E-state index is 5.40. The molecule has 1 N–H and O–H groups in total. The Morgan fingerprint density at radius 2 is 2.11 bits per heavy atom. The molecule has 0 aliphatic carbocycles. The Morgan fingerprint density at radius 3 is 2.94 bits per heavy atom. The Kier molecular flexibility index (Phi) is 3.06. The summed E-state index contributed by atoms with van der Waals surface area (Å²) in [4.78, 5) is 10.4. The molecule has 2 heterocycles. The number of fused-ring (bicyclic) bond motifs is 1. The molecule has 92 valence electrons. The van der Waals surface area contributed by atoms with Crippen molar-refractivity contribution >= 4 is 33.9 Å². The van der Waals surface area contributed by atoms with Gasteiger partial charge in [0, 0.05) is 30.4 Å². The van der Waals surface area contributed by atoms with Crippen molar-refractivity contribution in [1.29, 1.82) is 0 Å². The summed E-state index contributed by atoms with van der Waals surface area (Å²) < 4.78 is 0. The molecule has 2 aromatic rings. The van der Waals surface area contributed by atoms with Crippen molar-refractivity contribution in [1.82, 2.24) is 14.9 Å². The lowest BCUT2D eigenvalue weighted by atomic mass is 10.2. The Hall–Kier alpha value is -1.75. The van der Waals surface area contributed by atoms with E-state index in [1.807, 2.05) is 24.4 Å². The Morgan fingerprint density at radius 1 is 1.28 bits per heavy atom. The lowest BCUT2D eigenvalue weighted by Gasteiger charge is -2.19. The Balaban J connectivity index is 1.79. The molecule has 0 radical (unpaired) electrons. The van der Waals surface area contributed by atoms with Crippen LogP contribution in [-0.2, 0) is 0 Å². The van der Waals surface area contributed by atoms with Gasteiger partial charge >= 0.3 is 0 Å². The molecule has 0 spiro atoms. The van der Waals surface area contributed by atoms with Crippen molar-refractivity contribution in [2.45, 2.75) is 12.8 Å². The predicted octanol–water partition coefficient (Wildman–Crippen LogP) is 2.42. The van der Waals surface area contributed by atoms with Crippen LogP contribution in [-0.4, -0.2) is 33.1 Å². The number of hydrogen-bond donors (Lipinski definition) is 1. The van der Waals surface area contributed by atoms with Crippen LogP contribution in [0, 0.1) is 0 Å². The van der Waals surface area contributed by atoms with Crippen LogP contribution < -0.4 is 5.32 Å². The Labute approximate surface area is 111 Å². The zero-order chi connectivity index (χ0) is 12.4. The molecule has 0 unspecified atom stereocenters. The molecule has 1 aliphatic heterocycles. The molecule has 1 aromatic heterocycles. The second-order valence-corrected chi connectivity index (χ2v) is 4.81. The van der Waals surface area contributed by atoms with Gasteiger partial charge in [-0.3, -0.25) is 0 Å². The fourth-order valence-corrected chi connectivity index (χ4v) is 2.49. The largest absolute Gasteiger partial charge is 0.349 e. The number of hydrogen-bond acceptors (Lipinski definition) is 3. The van der Waals surface area contributed by atoms with Gasteiger partial charge in [-0.25, -0.2) is 9.97 Å². The third kappa shape index (κ3) is 2.26. The van der Waals surface area contributed by atoms with E-state index < -0.39 is 0 Å². The first-order chi connectivity index (χ1) is 8.83. The van der Waals surface area contributed by atoms with Crippen LogP contribution in [0.4, 0.5) is 5.69 Å².